The molecule has 2 unspecified atom stereocenters. The van der Waals surface area contributed by atoms with Crippen LogP contribution in [0.4, 0.5) is 11.4 Å². The number of nitrogens with one attached hydrogen (secondary N) is 1. The summed E-state index contributed by atoms with van der Waals surface area (Å²) in [5.41, 5.74) is 9.81. The van der Waals surface area contributed by atoms with Gasteiger partial charge in [0.2, 0.25) is 5.66 Å². The summed E-state index contributed by atoms with van der Waals surface area (Å²) in [6, 6.07) is 19.9. The van der Waals surface area contributed by atoms with Gasteiger partial charge in [-0.3, -0.25) is 9.74 Å². The van der Waals surface area contributed by atoms with E-state index in [1.807, 2.05) is 0 Å². The third-order valence-corrected chi connectivity index (χ3v) is 10.4. The first-order chi connectivity index (χ1) is 20.6. The Hall–Kier alpha value is -3.15. The van der Waals surface area contributed by atoms with Crippen molar-refractivity contribution < 1.29 is 9.57 Å². The van der Waals surface area contributed by atoms with E-state index in [1.54, 1.807) is 18.4 Å². The van der Waals surface area contributed by atoms with Gasteiger partial charge < -0.3 is 25.6 Å². The molecule has 4 aliphatic rings. The number of piperidine rings is 1. The van der Waals surface area contributed by atoms with Crippen LogP contribution in [0.2, 0.25) is 0 Å². The number of nitrogens with zero attached hydrogens (tertiary/aromatic N) is 5. The molecule has 10 heteroatoms. The Morgan fingerprint density at radius 2 is 1.79 bits per heavy atom. The molecule has 7 rings (SSSR count). The lowest BCUT2D eigenvalue weighted by Crippen LogP contribution is -2.52. The maximum atomic E-state index is 6.49. The number of nitrogens with two attached hydrogens (primary N) is 1. The van der Waals surface area contributed by atoms with Crippen LogP contribution in [-0.2, 0) is 10.5 Å². The van der Waals surface area contributed by atoms with Crippen molar-refractivity contribution in [1.29, 1.82) is 0 Å². The van der Waals surface area contributed by atoms with Crippen molar-refractivity contribution >= 4 is 28.7 Å². The predicted octanol–water partition coefficient (Wildman–Crippen LogP) is 4.29. The number of fused-ring (bicyclic) bond motifs is 1. The van der Waals surface area contributed by atoms with Crippen LogP contribution in [0, 0.1) is 0 Å². The minimum atomic E-state index is -0.948. The Morgan fingerprint density at radius 3 is 2.55 bits per heavy atom. The average molecular weight is 588 g/mol. The molecule has 2 aromatic carbocycles. The van der Waals surface area contributed by atoms with Crippen LogP contribution < -0.4 is 20.7 Å². The van der Waals surface area contributed by atoms with Gasteiger partial charge in [-0.25, -0.2) is 4.99 Å². The van der Waals surface area contributed by atoms with Crippen LogP contribution in [0.5, 0.6) is 5.75 Å². The summed E-state index contributed by atoms with van der Waals surface area (Å²) in [6.45, 7) is 7.33. The molecular weight excluding hydrogens is 546 g/mol. The van der Waals surface area contributed by atoms with Crippen molar-refractivity contribution in [3.63, 3.8) is 0 Å². The molecule has 42 heavy (non-hydrogen) atoms. The van der Waals surface area contributed by atoms with Crippen molar-refractivity contribution in [2.45, 2.75) is 37.0 Å². The molecule has 3 aromatic rings. The number of aliphatic imine (C=N–C) groups is 1. The highest BCUT2D eigenvalue weighted by atomic mass is 32.1. The SMILES string of the molecule is COc1cc(C2(N3OCCC3c3ccccc3)N=C(N)Nc3ccsc32)ccc1N1CCC(N2CCN(C)CC2)CC1. The van der Waals surface area contributed by atoms with Crippen LogP contribution in [0.1, 0.15) is 41.3 Å². The van der Waals surface area contributed by atoms with Gasteiger partial charge in [0.25, 0.3) is 0 Å². The Morgan fingerprint density at radius 1 is 1.00 bits per heavy atom. The van der Waals surface area contributed by atoms with E-state index in [1.165, 1.54) is 31.5 Å². The Balaban J connectivity index is 1.23. The van der Waals surface area contributed by atoms with Crippen molar-refractivity contribution in [2.75, 3.05) is 70.2 Å². The van der Waals surface area contributed by atoms with E-state index in [2.05, 4.69) is 92.1 Å². The normalized spacial score (nSPS) is 26.1. The molecule has 9 nitrogen and oxygen atoms in total. The van der Waals surface area contributed by atoms with Gasteiger partial charge in [0.05, 0.1) is 36.0 Å². The van der Waals surface area contributed by atoms with Gasteiger partial charge in [-0.15, -0.1) is 16.4 Å². The molecular formula is C32H41N7O2S. The standard InChI is InChI=1S/C32H41N7O2S/c1-36-16-18-37(19-17-36)25-10-14-38(15-11-25)28-9-8-24(22-29(28)40-2)32(30-26(13-21-42-30)34-31(33)35-32)39-27(12-20-41-39)23-6-4-3-5-7-23/h3-9,13,21-22,25,27H,10-12,14-20H2,1-2H3,(H3,33,34,35). The molecule has 0 aliphatic carbocycles. The number of hydrogen-bond acceptors (Lipinski definition) is 10. The summed E-state index contributed by atoms with van der Waals surface area (Å²) < 4.78 is 6.09. The number of thiophene rings is 1. The van der Waals surface area contributed by atoms with E-state index in [-0.39, 0.29) is 6.04 Å². The summed E-state index contributed by atoms with van der Waals surface area (Å²) in [7, 11) is 3.99. The number of anilines is 2. The lowest BCUT2D eigenvalue weighted by molar-refractivity contribution is -0.193. The van der Waals surface area contributed by atoms with Gasteiger partial charge >= 0.3 is 0 Å². The van der Waals surface area contributed by atoms with Crippen molar-refractivity contribution in [1.82, 2.24) is 14.9 Å². The van der Waals surface area contributed by atoms with E-state index in [0.717, 1.165) is 60.2 Å². The van der Waals surface area contributed by atoms with Gasteiger partial charge in [0, 0.05) is 50.9 Å². The zero-order valence-electron chi connectivity index (χ0n) is 24.5. The molecule has 3 saturated heterocycles. The zero-order valence-corrected chi connectivity index (χ0v) is 25.4. The Bertz CT molecular complexity index is 1420. The molecule has 3 N–H and O–H groups in total. The van der Waals surface area contributed by atoms with Crippen molar-refractivity contribution in [3.8, 4) is 5.75 Å². The molecule has 222 valence electrons. The van der Waals surface area contributed by atoms with Crippen LogP contribution in [0.15, 0.2) is 65.0 Å². The van der Waals surface area contributed by atoms with E-state index in [4.69, 9.17) is 20.3 Å². The Labute approximate surface area is 252 Å². The maximum Gasteiger partial charge on any atom is 0.201 e. The summed E-state index contributed by atoms with van der Waals surface area (Å²) in [4.78, 5) is 20.3. The highest BCUT2D eigenvalue weighted by molar-refractivity contribution is 7.10. The highest BCUT2D eigenvalue weighted by Crippen LogP contribution is 2.52. The lowest BCUT2D eigenvalue weighted by Gasteiger charge is -2.44. The van der Waals surface area contributed by atoms with Crippen molar-refractivity contribution in [2.24, 2.45) is 10.7 Å². The molecule has 0 spiro atoms. The number of likely N-dealkylation sites (N-methyl/N-ethyl adjacent to an activating group) is 1. The molecule has 0 bridgehead atoms. The Kier molecular flexibility index (Phi) is 7.58. The fourth-order valence-electron chi connectivity index (χ4n) is 7.12. The average Bonchev–Trinajstić information content (AvgIpc) is 3.72. The monoisotopic (exact) mass is 587 g/mol. The fraction of sp³-hybridized carbons (Fsp3) is 0.469. The third-order valence-electron chi connectivity index (χ3n) is 9.38. The lowest BCUT2D eigenvalue weighted by atomic mass is 9.91. The number of ether oxygens (including phenoxy) is 1. The number of piperazine rings is 1. The number of methoxy groups -OCH3 is 1. The summed E-state index contributed by atoms with van der Waals surface area (Å²) in [6.07, 6.45) is 3.21. The maximum absolute atomic E-state index is 6.49. The van der Waals surface area contributed by atoms with Crippen LogP contribution in [0.25, 0.3) is 0 Å². The van der Waals surface area contributed by atoms with Crippen LogP contribution in [0.3, 0.4) is 0 Å². The van der Waals surface area contributed by atoms with Gasteiger partial charge in [-0.1, -0.05) is 36.4 Å². The number of benzene rings is 2. The van der Waals surface area contributed by atoms with E-state index < -0.39 is 5.66 Å². The van der Waals surface area contributed by atoms with Gasteiger partial charge in [0.1, 0.15) is 5.75 Å². The van der Waals surface area contributed by atoms with Crippen LogP contribution >= 0.6 is 11.3 Å². The molecule has 5 heterocycles. The van der Waals surface area contributed by atoms with Gasteiger partial charge in [-0.2, -0.15) is 0 Å². The minimum Gasteiger partial charge on any atom is -0.495 e. The molecule has 0 amide bonds. The molecule has 1 aromatic heterocycles. The number of rotatable bonds is 6. The predicted molar refractivity (Wildman–Crippen MR) is 169 cm³/mol. The number of hydrogen-bond donors (Lipinski definition) is 2. The van der Waals surface area contributed by atoms with E-state index in [9.17, 15) is 0 Å². The summed E-state index contributed by atoms with van der Waals surface area (Å²) in [5, 5.41) is 7.44. The summed E-state index contributed by atoms with van der Waals surface area (Å²) in [5.74, 6) is 1.23. The molecule has 3 fully saturated rings. The first-order valence-electron chi connectivity index (χ1n) is 15.1. The first kappa shape index (κ1) is 27.7. The molecule has 0 radical (unpaired) electrons. The second kappa shape index (κ2) is 11.5. The van der Waals surface area contributed by atoms with Crippen LogP contribution in [-0.4, -0.2) is 86.9 Å². The van der Waals surface area contributed by atoms with Crippen molar-refractivity contribution in [3.05, 3.63) is 76.0 Å². The first-order valence-corrected chi connectivity index (χ1v) is 16.0. The van der Waals surface area contributed by atoms with Gasteiger partial charge in [-0.05, 0) is 55.5 Å². The van der Waals surface area contributed by atoms with E-state index in [0.29, 0.717) is 18.6 Å². The largest absolute Gasteiger partial charge is 0.495 e. The molecule has 2 atom stereocenters. The number of hydroxylamine groups is 2. The zero-order chi connectivity index (χ0) is 28.7. The second-order valence-electron chi connectivity index (χ2n) is 11.8. The third kappa shape index (κ3) is 4.85. The van der Waals surface area contributed by atoms with Gasteiger partial charge in [0.15, 0.2) is 5.96 Å². The molecule has 4 aliphatic heterocycles. The molecule has 0 saturated carbocycles. The topological polar surface area (TPSA) is 81.8 Å². The highest BCUT2D eigenvalue weighted by Gasteiger charge is 2.52. The minimum absolute atomic E-state index is 0.0232. The van der Waals surface area contributed by atoms with E-state index >= 15 is 0 Å². The quantitative estimate of drug-likeness (QED) is 0.442. The summed E-state index contributed by atoms with van der Waals surface area (Å²) >= 11 is 1.67. The number of guanidine groups is 1. The smallest absolute Gasteiger partial charge is 0.201 e. The second-order valence-corrected chi connectivity index (χ2v) is 12.7. The fourth-order valence-corrected chi connectivity index (χ4v) is 8.13.